The average Bonchev–Trinajstić information content (AvgIpc) is 0.759. The minimum atomic E-state index is -3.64. The molecule has 0 aliphatic heterocycles. The van der Waals surface area contributed by atoms with Gasteiger partial charge in [0.25, 0.3) is 5.69 Å². The predicted molar refractivity (Wildman–Crippen MR) is 547 cm³/mol. The summed E-state index contributed by atoms with van der Waals surface area (Å²) in [6, 6.07) is 33.2. The van der Waals surface area contributed by atoms with Gasteiger partial charge in [0, 0.05) is 63.5 Å². The Balaban J connectivity index is 0.000000362. The van der Waals surface area contributed by atoms with Gasteiger partial charge in [0.2, 0.25) is 40.1 Å². The third kappa shape index (κ3) is 37.6. The van der Waals surface area contributed by atoms with E-state index in [1.165, 1.54) is 33.5 Å². The van der Waals surface area contributed by atoms with Gasteiger partial charge in [-0.05, 0) is 293 Å². The van der Waals surface area contributed by atoms with Crippen molar-refractivity contribution in [3.63, 3.8) is 0 Å². The molecule has 0 spiro atoms. The highest BCUT2D eigenvalue weighted by atomic mass is 79.9. The van der Waals surface area contributed by atoms with Gasteiger partial charge in [-0.25, -0.2) is 57.6 Å². The minimum Gasteiger partial charge on any atom is -0.467 e. The molecule has 0 saturated carbocycles. The number of benzene rings is 8. The van der Waals surface area contributed by atoms with E-state index in [0.717, 1.165) is 74.0 Å². The second-order valence-corrected chi connectivity index (χ2v) is 47.3. The summed E-state index contributed by atoms with van der Waals surface area (Å²) in [5, 5.41) is 11.2. The molecule has 0 aromatic heterocycles. The van der Waals surface area contributed by atoms with Crippen LogP contribution in [0.4, 0.5) is 34.1 Å². The number of nitro groups is 1. The van der Waals surface area contributed by atoms with Crippen LogP contribution in [0.15, 0.2) is 133 Å². The number of hydrogen-bond donors (Lipinski definition) is 5. The Kier molecular flexibility index (Phi) is 43.2. The lowest BCUT2D eigenvalue weighted by Crippen LogP contribution is -2.30. The van der Waals surface area contributed by atoms with E-state index < -0.39 is 133 Å². The number of halogens is 4. The summed E-state index contributed by atoms with van der Waals surface area (Å²) in [5.74, 6) is -2.73. The summed E-state index contributed by atoms with van der Waals surface area (Å²) >= 11 is 14.1. The van der Waals surface area contributed by atoms with Crippen molar-refractivity contribution >= 4 is 168 Å². The first-order valence-corrected chi connectivity index (χ1v) is 53.1. The molecule has 6 N–H and O–H groups in total. The Morgan fingerprint density at radius 2 is 0.581 bits per heavy atom. The van der Waals surface area contributed by atoms with Crippen molar-refractivity contribution in [3.05, 3.63) is 238 Å². The molecule has 0 unspecified atom stereocenters. The van der Waals surface area contributed by atoms with Crippen LogP contribution in [0, 0.1) is 79.4 Å². The second-order valence-electron chi connectivity index (χ2n) is 37.2. The molecular formula is C97H130Br4N6O25S4. The smallest absolute Gasteiger partial charge is 0.340 e. The van der Waals surface area contributed by atoms with Crippen LogP contribution >= 0.6 is 63.7 Å². The van der Waals surface area contributed by atoms with E-state index in [-0.39, 0.29) is 18.9 Å². The maximum atomic E-state index is 13.6. The van der Waals surface area contributed by atoms with E-state index in [4.69, 9.17) is 53.1 Å². The lowest BCUT2D eigenvalue weighted by Gasteiger charge is -2.30. The summed E-state index contributed by atoms with van der Waals surface area (Å²) in [5.41, 5.74) is 17.6. The molecular weight excluding hydrogens is 2100 g/mol. The molecule has 31 nitrogen and oxygen atoms in total. The molecule has 0 saturated heterocycles. The minimum absolute atomic E-state index is 0.0237. The number of carbonyl (C=O) groups is 5. The number of nitro benzene ring substituents is 1. The zero-order valence-electron chi connectivity index (χ0n) is 83.1. The number of methoxy groups -OCH3 is 3. The standard InChI is InChI=1S/C28H32N2O7S.C22H28BrNO5S.2C16H24BrNO5S.C15H22BrNO3/c1-18-16-23(29-38(6,34)35)19(2)25(24(18)21-12-14-22(15-13-21)30(32)33)26(37-28(3,4)5)27(31)36-17-20-10-8-7-9-11-20;1-14-12-17(24-30(6,26)27)15(2)18(19(14)23)20(29-22(3,4)5)21(25)28-13-16-10-8-7-9-11-16;2*1-9-8-11(18-24(7,20)21)10(2)12(13(9)17)14(15(19)22-6)23-16(3,4)5;1-8-7-10(17)9(2)11(12(8)16)13(14(18)19-6)20-15(3,4)5/h7-16,26,29H,17H2,1-6H3;7-12,20,24H,13H2,1-6H3;2*8,14,18H,1-7H3;7,13H,17H2,1-6H3/t26-;20-;2*14-;13-/m00000/s1. The van der Waals surface area contributed by atoms with Gasteiger partial charge in [0.15, 0.2) is 30.5 Å². The highest BCUT2D eigenvalue weighted by Gasteiger charge is 2.40. The molecule has 8 rings (SSSR count). The molecule has 0 radical (unpaired) electrons. The SMILES string of the molecule is COC(=O)[C@@H](OC(C)(C)C)c1c(C)c(N)cc(C)c1Br.COC(=O)[C@@H](OC(C)(C)C)c1c(C)c(NS(C)(=O)=O)cc(C)c1Br.COC(=O)[C@@H](OC(C)(C)C)c1c(C)c(NS(C)(=O)=O)cc(C)c1Br.Cc1cc(NS(C)(=O)=O)c(C)c([C@H](OC(C)(C)C)C(=O)OCc2ccccc2)c1-c1ccc([N+](=O)[O-])cc1.Cc1cc(NS(C)(=O)=O)c(C)c([C@H](OC(C)(C)C)C(=O)OCc2ccccc2)c1Br. The number of esters is 5. The first-order valence-electron chi connectivity index (χ1n) is 42.3. The fourth-order valence-electron chi connectivity index (χ4n) is 13.4. The Hall–Kier alpha value is -8.97. The normalized spacial score (nSPS) is 13.1. The summed E-state index contributed by atoms with van der Waals surface area (Å²) < 4.78 is 163. The molecule has 0 aliphatic rings. The van der Waals surface area contributed by atoms with E-state index in [0.29, 0.717) is 103 Å². The van der Waals surface area contributed by atoms with Crippen LogP contribution in [0.25, 0.3) is 11.1 Å². The third-order valence-electron chi connectivity index (χ3n) is 19.2. The Labute approximate surface area is 835 Å². The molecule has 0 bridgehead atoms. The van der Waals surface area contributed by atoms with Gasteiger partial charge in [-0.3, -0.25) is 29.0 Å². The van der Waals surface area contributed by atoms with E-state index in [9.17, 15) is 67.8 Å². The van der Waals surface area contributed by atoms with Crippen molar-refractivity contribution in [3.8, 4) is 11.1 Å². The quantitative estimate of drug-likeness (QED) is 0.00955. The molecule has 0 amide bonds. The number of nitrogens with one attached hydrogen (secondary N) is 4. The fraction of sp³-hybridized carbons (Fsp3) is 0.454. The number of aryl methyl sites for hydroxylation is 5. The molecule has 750 valence electrons. The zero-order valence-corrected chi connectivity index (χ0v) is 92.8. The van der Waals surface area contributed by atoms with Crippen molar-refractivity contribution in [1.29, 1.82) is 0 Å². The number of sulfonamides is 4. The largest absolute Gasteiger partial charge is 0.467 e. The first kappa shape index (κ1) is 119. The van der Waals surface area contributed by atoms with Crippen LogP contribution in [0.5, 0.6) is 0 Å². The first-order chi connectivity index (χ1) is 62.1. The van der Waals surface area contributed by atoms with Crippen molar-refractivity contribution < 1.29 is 110 Å². The lowest BCUT2D eigenvalue weighted by molar-refractivity contribution is -0.384. The lowest BCUT2D eigenvalue weighted by atomic mass is 9.87. The number of hydrogen-bond acceptors (Lipinski definition) is 26. The van der Waals surface area contributed by atoms with Crippen LogP contribution < -0.4 is 24.6 Å². The molecule has 0 aliphatic carbocycles. The Bertz CT molecular complexity index is 5960. The number of carbonyl (C=O) groups excluding carboxylic acids is 5. The summed E-state index contributed by atoms with van der Waals surface area (Å²) in [6.07, 6.45) is -0.749. The van der Waals surface area contributed by atoms with Crippen molar-refractivity contribution in [1.82, 2.24) is 0 Å². The number of nitrogens with zero attached hydrogens (tertiary/aromatic N) is 1. The molecule has 8 aromatic carbocycles. The number of rotatable bonds is 29. The van der Waals surface area contributed by atoms with Gasteiger partial charge >= 0.3 is 29.8 Å². The number of non-ortho nitro benzene ring substituents is 1. The topological polar surface area (TPSA) is 431 Å². The monoisotopic (exact) mass is 2220 g/mol. The van der Waals surface area contributed by atoms with Crippen LogP contribution in [-0.2, 0) is 125 Å². The third-order valence-corrected chi connectivity index (χ3v) is 25.8. The van der Waals surface area contributed by atoms with Gasteiger partial charge < -0.3 is 53.1 Å². The molecule has 5 atom stereocenters. The van der Waals surface area contributed by atoms with Crippen molar-refractivity contribution in [2.75, 3.05) is 71.0 Å². The van der Waals surface area contributed by atoms with Crippen LogP contribution in [-0.4, -0.2) is 143 Å². The number of anilines is 5. The van der Waals surface area contributed by atoms with E-state index in [1.807, 2.05) is 184 Å². The zero-order chi connectivity index (χ0) is 104. The van der Waals surface area contributed by atoms with Gasteiger partial charge in [0.05, 0.1) is 102 Å². The van der Waals surface area contributed by atoms with Crippen molar-refractivity contribution in [2.45, 2.75) is 245 Å². The van der Waals surface area contributed by atoms with Crippen LogP contribution in [0.3, 0.4) is 0 Å². The maximum absolute atomic E-state index is 13.6. The van der Waals surface area contributed by atoms with E-state index >= 15 is 0 Å². The van der Waals surface area contributed by atoms with Crippen molar-refractivity contribution in [2.24, 2.45) is 0 Å². The Morgan fingerprint density at radius 1 is 0.353 bits per heavy atom. The highest BCUT2D eigenvalue weighted by Crippen LogP contribution is 2.46. The van der Waals surface area contributed by atoms with E-state index in [2.05, 4.69) is 82.6 Å². The maximum Gasteiger partial charge on any atom is 0.340 e. The Morgan fingerprint density at radius 3 is 0.824 bits per heavy atom. The van der Waals surface area contributed by atoms with E-state index in [1.54, 1.807) is 91.8 Å². The van der Waals surface area contributed by atoms with Gasteiger partial charge in [-0.15, -0.1) is 0 Å². The fourth-order valence-corrected chi connectivity index (χ4v) is 18.3. The van der Waals surface area contributed by atoms with Crippen LogP contribution in [0.1, 0.15) is 229 Å². The van der Waals surface area contributed by atoms with Gasteiger partial charge in [-0.2, -0.15) is 0 Å². The average molecular weight is 2230 g/mol. The molecule has 0 heterocycles. The molecule has 8 aromatic rings. The second kappa shape index (κ2) is 49.2. The number of nitrogens with two attached hydrogens (primary N) is 1. The molecule has 136 heavy (non-hydrogen) atoms. The molecule has 39 heteroatoms. The summed E-state index contributed by atoms with van der Waals surface area (Å²) in [4.78, 5) is 74.1. The molecule has 0 fully saturated rings. The van der Waals surface area contributed by atoms with Crippen LogP contribution in [0.2, 0.25) is 0 Å². The van der Waals surface area contributed by atoms with Gasteiger partial charge in [0.1, 0.15) is 13.2 Å². The number of ether oxygens (including phenoxy) is 10. The summed E-state index contributed by atoms with van der Waals surface area (Å²) in [6.45, 7) is 45.7. The number of nitrogen functional groups attached to an aromatic ring is 1. The predicted octanol–water partition coefficient (Wildman–Crippen LogP) is 21.5. The highest BCUT2D eigenvalue weighted by molar-refractivity contribution is 9.11. The summed E-state index contributed by atoms with van der Waals surface area (Å²) in [7, 11) is -10.1. The van der Waals surface area contributed by atoms with Gasteiger partial charge in [-0.1, -0.05) is 124 Å².